The van der Waals surface area contributed by atoms with Crippen LogP contribution in [0.3, 0.4) is 0 Å². The van der Waals surface area contributed by atoms with Crippen molar-refractivity contribution < 1.29 is 41.5 Å². The number of nitrogens with one attached hydrogen (secondary N) is 2. The van der Waals surface area contributed by atoms with Crippen LogP contribution < -0.4 is 15.5 Å². The van der Waals surface area contributed by atoms with Gasteiger partial charge in [-0.2, -0.15) is 18.3 Å². The Balaban J connectivity index is 0.919. The molecule has 0 radical (unpaired) electrons. The molecule has 3 aliphatic heterocycles. The molecule has 1 unspecified atom stereocenters. The van der Waals surface area contributed by atoms with Crippen LogP contribution in [0.25, 0.3) is 5.65 Å². The molecule has 5 heterocycles. The van der Waals surface area contributed by atoms with E-state index in [1.165, 1.54) is 18.2 Å². The summed E-state index contributed by atoms with van der Waals surface area (Å²) in [6.07, 6.45) is -0.732. The fourth-order valence-corrected chi connectivity index (χ4v) is 7.92. The molecule has 8 rings (SSSR count). The molecule has 2 fully saturated rings. The third-order valence-corrected chi connectivity index (χ3v) is 11.1. The van der Waals surface area contributed by atoms with Crippen molar-refractivity contribution in [1.29, 1.82) is 0 Å². The number of hydrogen-bond donors (Lipinski definition) is 2. The van der Waals surface area contributed by atoms with E-state index in [4.69, 9.17) is 0 Å². The van der Waals surface area contributed by atoms with Crippen LogP contribution in [0.2, 0.25) is 0 Å². The van der Waals surface area contributed by atoms with Crippen molar-refractivity contribution in [3.05, 3.63) is 124 Å². The van der Waals surface area contributed by atoms with Crippen molar-refractivity contribution in [1.82, 2.24) is 29.7 Å². The van der Waals surface area contributed by atoms with Crippen molar-refractivity contribution >= 4 is 46.6 Å². The molecule has 0 spiro atoms. The van der Waals surface area contributed by atoms with Gasteiger partial charge in [-0.05, 0) is 105 Å². The quantitative estimate of drug-likeness (QED) is 0.126. The number of amides is 5. The summed E-state index contributed by atoms with van der Waals surface area (Å²) in [5, 5.41) is 8.95. The first-order valence-electron chi connectivity index (χ1n) is 19.1. The summed E-state index contributed by atoms with van der Waals surface area (Å²) in [5.74, 6) is 1.45. The van der Waals surface area contributed by atoms with Crippen LogP contribution in [0.4, 0.5) is 28.9 Å². The number of imidazole rings is 1. The number of benzene rings is 3. The smallest absolute Gasteiger partial charge is 0.371 e. The van der Waals surface area contributed by atoms with E-state index in [2.05, 4.69) is 32.6 Å². The number of rotatable bonds is 7. The zero-order chi connectivity index (χ0) is 42.5. The molecule has 0 bridgehead atoms. The van der Waals surface area contributed by atoms with Gasteiger partial charge in [0.2, 0.25) is 11.8 Å². The second-order valence-corrected chi connectivity index (χ2v) is 15.0. The van der Waals surface area contributed by atoms with E-state index >= 15 is 4.39 Å². The van der Waals surface area contributed by atoms with Crippen LogP contribution in [0.5, 0.6) is 0 Å². The number of carbonyl (C=O) groups excluding carboxylic acids is 5. The van der Waals surface area contributed by atoms with E-state index in [1.54, 1.807) is 59.2 Å². The zero-order valence-corrected chi connectivity index (χ0v) is 32.3. The summed E-state index contributed by atoms with van der Waals surface area (Å²) >= 11 is 0. The number of imide groups is 2. The number of piperidine rings is 2. The molecule has 2 saturated heterocycles. The molecule has 2 N–H and O–H groups in total. The highest BCUT2D eigenvalue weighted by Crippen LogP contribution is 2.40. The Labute approximate surface area is 340 Å². The van der Waals surface area contributed by atoms with Crippen molar-refractivity contribution in [2.45, 2.75) is 57.4 Å². The van der Waals surface area contributed by atoms with Gasteiger partial charge in [-0.25, -0.2) is 13.9 Å². The second-order valence-electron chi connectivity index (χ2n) is 15.0. The molecule has 5 aromatic rings. The molecule has 3 aromatic carbocycles. The first-order chi connectivity index (χ1) is 28.7. The monoisotopic (exact) mass is 820 g/mol. The van der Waals surface area contributed by atoms with E-state index in [9.17, 15) is 37.1 Å². The molecule has 2 aromatic heterocycles. The average Bonchev–Trinajstić information content (AvgIpc) is 3.74. The minimum absolute atomic E-state index is 0.0270. The van der Waals surface area contributed by atoms with Gasteiger partial charge in [0.1, 0.15) is 17.6 Å². The minimum atomic E-state index is -4.73. The fraction of sp³-hybridized carbons (Fsp3) is 0.279. The molecule has 17 heteroatoms. The van der Waals surface area contributed by atoms with E-state index in [0.717, 1.165) is 17.7 Å². The van der Waals surface area contributed by atoms with E-state index in [0.29, 0.717) is 40.2 Å². The van der Waals surface area contributed by atoms with Gasteiger partial charge in [-0.15, -0.1) is 0 Å². The molecule has 1 atom stereocenters. The second kappa shape index (κ2) is 15.7. The molecule has 60 heavy (non-hydrogen) atoms. The summed E-state index contributed by atoms with van der Waals surface area (Å²) in [6.45, 7) is 2.55. The average molecular weight is 821 g/mol. The predicted molar refractivity (Wildman–Crippen MR) is 209 cm³/mol. The third kappa shape index (κ3) is 7.69. The fourth-order valence-electron chi connectivity index (χ4n) is 7.92. The number of carbonyl (C=O) groups is 5. The van der Waals surface area contributed by atoms with Gasteiger partial charge in [-0.1, -0.05) is 12.0 Å². The first kappa shape index (κ1) is 39.9. The van der Waals surface area contributed by atoms with Crippen LogP contribution in [0.1, 0.15) is 84.7 Å². The highest BCUT2D eigenvalue weighted by Gasteiger charge is 2.46. The molecule has 0 saturated carbocycles. The molecule has 306 valence electrons. The Morgan fingerprint density at radius 1 is 0.983 bits per heavy atom. The third-order valence-electron chi connectivity index (χ3n) is 11.1. The lowest BCUT2D eigenvalue weighted by Crippen LogP contribution is -2.54. The van der Waals surface area contributed by atoms with Crippen LogP contribution in [0.15, 0.2) is 73.1 Å². The Hall–Kier alpha value is -6.93. The van der Waals surface area contributed by atoms with Gasteiger partial charge < -0.3 is 10.2 Å². The minimum Gasteiger partial charge on any atom is -0.371 e. The molecule has 3 aliphatic rings. The lowest BCUT2D eigenvalue weighted by Gasteiger charge is -2.38. The molecule has 13 nitrogen and oxygen atoms in total. The molecular weight excluding hydrogens is 785 g/mol. The highest BCUT2D eigenvalue weighted by molar-refractivity contribution is 6.23. The molecular formula is C43H36F4N8O5. The maximum absolute atomic E-state index is 15.4. The Morgan fingerprint density at radius 3 is 2.52 bits per heavy atom. The zero-order valence-electron chi connectivity index (χ0n) is 32.3. The standard InChI is InChI=1S/C43H36F4N8O5/c1-24-5-6-27(20-26(24)7-9-30-22-48-36-4-3-15-49-55(30)36)39(57)50-28-8-10-34(32(21-28)43(45,46)47)53-16-13-29(14-17-53)52(2)23-25-18-31-38(33(44)19-25)42(60)54(41(31)59)35-11-12-37(56)51-40(35)58/h3-6,8,10,15,18-22,29,35H,11-14,16-17,23H2,1-2H3,(H,50,57)(H,51,56,58). The van der Waals surface area contributed by atoms with Crippen molar-refractivity contribution in [2.24, 2.45) is 0 Å². The van der Waals surface area contributed by atoms with E-state index in [1.807, 2.05) is 11.8 Å². The number of alkyl halides is 3. The Bertz CT molecular complexity index is 2680. The van der Waals surface area contributed by atoms with Crippen LogP contribution in [0, 0.1) is 24.6 Å². The van der Waals surface area contributed by atoms with Crippen LogP contribution >= 0.6 is 0 Å². The van der Waals surface area contributed by atoms with Gasteiger partial charge in [0.25, 0.3) is 17.7 Å². The number of hydrogen-bond acceptors (Lipinski definition) is 9. The van der Waals surface area contributed by atoms with Crippen molar-refractivity contribution in [3.63, 3.8) is 0 Å². The SMILES string of the molecule is Cc1ccc(C(=O)Nc2ccc(N3CCC(N(C)Cc4cc(F)c5c(c4)C(=O)N(C4CCC(=O)NC4=O)C5=O)CC3)c(C(F)(F)F)c2)cc1C#Cc1cnc2cccnn12. The van der Waals surface area contributed by atoms with Crippen molar-refractivity contribution in [2.75, 3.05) is 30.4 Å². The topological polar surface area (TPSA) is 149 Å². The number of anilines is 2. The maximum Gasteiger partial charge on any atom is 0.418 e. The molecule has 0 aliphatic carbocycles. The summed E-state index contributed by atoms with van der Waals surface area (Å²) in [4.78, 5) is 72.2. The summed E-state index contributed by atoms with van der Waals surface area (Å²) in [5.41, 5.74) is 1.57. The summed E-state index contributed by atoms with van der Waals surface area (Å²) in [7, 11) is 1.79. The van der Waals surface area contributed by atoms with Gasteiger partial charge in [0.15, 0.2) is 5.65 Å². The van der Waals surface area contributed by atoms with Gasteiger partial charge in [-0.3, -0.25) is 39.1 Å². The number of aryl methyl sites for hydroxylation is 1. The first-order valence-corrected chi connectivity index (χ1v) is 19.1. The number of aromatic nitrogens is 3. The maximum atomic E-state index is 15.4. The largest absolute Gasteiger partial charge is 0.418 e. The van der Waals surface area contributed by atoms with Crippen LogP contribution in [-0.2, 0) is 22.3 Å². The van der Waals surface area contributed by atoms with Crippen molar-refractivity contribution in [3.8, 4) is 11.8 Å². The molecule has 5 amide bonds. The summed E-state index contributed by atoms with van der Waals surface area (Å²) in [6, 6.07) is 13.4. The van der Waals surface area contributed by atoms with Gasteiger partial charge in [0.05, 0.1) is 22.9 Å². The van der Waals surface area contributed by atoms with Gasteiger partial charge in [0, 0.05) is 60.8 Å². The summed E-state index contributed by atoms with van der Waals surface area (Å²) < 4.78 is 60.6. The lowest BCUT2D eigenvalue weighted by atomic mass is 9.99. The van der Waals surface area contributed by atoms with Crippen LogP contribution in [-0.4, -0.2) is 86.2 Å². The Morgan fingerprint density at radius 2 is 1.77 bits per heavy atom. The van der Waals surface area contributed by atoms with E-state index < -0.39 is 58.7 Å². The Kier molecular flexibility index (Phi) is 10.4. The van der Waals surface area contributed by atoms with E-state index in [-0.39, 0.29) is 61.0 Å². The lowest BCUT2D eigenvalue weighted by molar-refractivity contribution is -0.137. The number of fused-ring (bicyclic) bond motifs is 2. The van der Waals surface area contributed by atoms with Gasteiger partial charge >= 0.3 is 6.18 Å². The normalized spacial score (nSPS) is 17.2. The number of halogens is 4. The predicted octanol–water partition coefficient (Wildman–Crippen LogP) is 5.35. The number of nitrogens with zero attached hydrogens (tertiary/aromatic N) is 6. The highest BCUT2D eigenvalue weighted by atomic mass is 19.4.